The van der Waals surface area contributed by atoms with E-state index in [9.17, 15) is 4.79 Å². The number of fused-ring (bicyclic) bond motifs is 1. The Labute approximate surface area is 151 Å². The number of rotatable bonds is 3. The minimum Gasteiger partial charge on any atom is -0.398 e. The molecule has 0 aliphatic carbocycles. The third kappa shape index (κ3) is 2.70. The summed E-state index contributed by atoms with van der Waals surface area (Å²) in [5, 5.41) is 2.10. The maximum atomic E-state index is 12.8. The summed E-state index contributed by atoms with van der Waals surface area (Å²) >= 11 is 0. The van der Waals surface area contributed by atoms with E-state index < -0.39 is 0 Å². The molecule has 4 N–H and O–H groups in total. The Morgan fingerprint density at radius 1 is 0.654 bits per heavy atom. The summed E-state index contributed by atoms with van der Waals surface area (Å²) in [5.41, 5.74) is 16.7. The largest absolute Gasteiger partial charge is 0.398 e. The number of nitrogens with two attached hydrogens (primary N) is 2. The van der Waals surface area contributed by atoms with Gasteiger partial charge in [-0.1, -0.05) is 60.7 Å². The van der Waals surface area contributed by atoms with Gasteiger partial charge in [0.05, 0.1) is 0 Å². The molecule has 0 amide bonds. The lowest BCUT2D eigenvalue weighted by Crippen LogP contribution is -2.03. The van der Waals surface area contributed by atoms with Crippen LogP contribution in [0.15, 0.2) is 84.9 Å². The van der Waals surface area contributed by atoms with Crippen LogP contribution < -0.4 is 11.5 Å². The first-order chi connectivity index (χ1) is 12.6. The first kappa shape index (κ1) is 15.9. The monoisotopic (exact) mass is 338 g/mol. The van der Waals surface area contributed by atoms with Crippen molar-refractivity contribution in [2.24, 2.45) is 0 Å². The number of carbonyl (C=O) groups is 1. The van der Waals surface area contributed by atoms with Crippen LogP contribution in [-0.2, 0) is 0 Å². The number of anilines is 2. The summed E-state index contributed by atoms with van der Waals surface area (Å²) in [7, 11) is 0. The van der Waals surface area contributed by atoms with E-state index in [1.807, 2.05) is 72.8 Å². The Balaban J connectivity index is 1.91. The second kappa shape index (κ2) is 6.37. The first-order valence-corrected chi connectivity index (χ1v) is 8.42. The maximum Gasteiger partial charge on any atom is 0.193 e. The van der Waals surface area contributed by atoms with Gasteiger partial charge in [0.2, 0.25) is 0 Å². The van der Waals surface area contributed by atoms with Crippen molar-refractivity contribution in [2.45, 2.75) is 0 Å². The van der Waals surface area contributed by atoms with Crippen molar-refractivity contribution >= 4 is 27.9 Å². The summed E-state index contributed by atoms with van der Waals surface area (Å²) in [4.78, 5) is 12.8. The number of carbonyl (C=O) groups excluding carboxylic acids is 1. The molecule has 26 heavy (non-hydrogen) atoms. The van der Waals surface area contributed by atoms with Crippen LogP contribution in [-0.4, -0.2) is 5.78 Å². The molecule has 0 bridgehead atoms. The van der Waals surface area contributed by atoms with Gasteiger partial charge < -0.3 is 11.5 Å². The van der Waals surface area contributed by atoms with E-state index in [1.165, 1.54) is 0 Å². The Bertz CT molecular complexity index is 1120. The highest BCUT2D eigenvalue weighted by molar-refractivity contribution is 6.11. The number of benzene rings is 4. The number of hydrogen-bond acceptors (Lipinski definition) is 3. The predicted octanol–water partition coefficient (Wildman–Crippen LogP) is 4.90. The number of hydrogen-bond donors (Lipinski definition) is 2. The molecule has 0 radical (unpaired) electrons. The molecule has 0 aliphatic heterocycles. The fraction of sp³-hybridized carbons (Fsp3) is 0. The fourth-order valence-electron chi connectivity index (χ4n) is 3.26. The van der Waals surface area contributed by atoms with Crippen LogP contribution in [0.1, 0.15) is 15.9 Å². The van der Waals surface area contributed by atoms with Gasteiger partial charge in [0, 0.05) is 33.6 Å². The van der Waals surface area contributed by atoms with E-state index >= 15 is 0 Å². The second-order valence-electron chi connectivity index (χ2n) is 6.25. The van der Waals surface area contributed by atoms with Crippen molar-refractivity contribution in [3.05, 3.63) is 96.1 Å². The molecule has 0 unspecified atom stereocenters. The van der Waals surface area contributed by atoms with Crippen LogP contribution in [0.4, 0.5) is 11.4 Å². The van der Waals surface area contributed by atoms with E-state index in [2.05, 4.69) is 0 Å². The Morgan fingerprint density at radius 3 is 2.15 bits per heavy atom. The van der Waals surface area contributed by atoms with Gasteiger partial charge in [-0.25, -0.2) is 0 Å². The molecule has 4 aromatic rings. The molecular weight excluding hydrogens is 320 g/mol. The van der Waals surface area contributed by atoms with Gasteiger partial charge in [0.25, 0.3) is 0 Å². The fourth-order valence-corrected chi connectivity index (χ4v) is 3.26. The molecule has 3 heteroatoms. The van der Waals surface area contributed by atoms with Gasteiger partial charge in [0.15, 0.2) is 5.78 Å². The van der Waals surface area contributed by atoms with Gasteiger partial charge in [-0.3, -0.25) is 4.79 Å². The lowest BCUT2D eigenvalue weighted by Gasteiger charge is -2.14. The Hall–Kier alpha value is -3.59. The van der Waals surface area contributed by atoms with Gasteiger partial charge in [0.1, 0.15) is 0 Å². The van der Waals surface area contributed by atoms with E-state index in [-0.39, 0.29) is 5.78 Å². The van der Waals surface area contributed by atoms with Crippen LogP contribution >= 0.6 is 0 Å². The highest BCUT2D eigenvalue weighted by Gasteiger charge is 2.15. The van der Waals surface area contributed by atoms with Crippen LogP contribution in [0.2, 0.25) is 0 Å². The highest BCUT2D eigenvalue weighted by atomic mass is 16.1. The Kier molecular flexibility index (Phi) is 3.90. The average molecular weight is 338 g/mol. The van der Waals surface area contributed by atoms with Gasteiger partial charge in [-0.2, -0.15) is 0 Å². The van der Waals surface area contributed by atoms with Crippen molar-refractivity contribution in [2.75, 3.05) is 11.5 Å². The molecule has 0 heterocycles. The topological polar surface area (TPSA) is 69.1 Å². The molecule has 0 fully saturated rings. The van der Waals surface area contributed by atoms with Gasteiger partial charge >= 0.3 is 0 Å². The normalized spacial score (nSPS) is 10.8. The summed E-state index contributed by atoms with van der Waals surface area (Å²) in [6.07, 6.45) is 0. The van der Waals surface area contributed by atoms with E-state index in [1.54, 1.807) is 12.1 Å². The Morgan fingerprint density at radius 2 is 1.35 bits per heavy atom. The molecule has 4 aromatic carbocycles. The van der Waals surface area contributed by atoms with Crippen molar-refractivity contribution in [3.8, 4) is 11.1 Å². The second-order valence-corrected chi connectivity index (χ2v) is 6.25. The van der Waals surface area contributed by atoms with E-state index in [4.69, 9.17) is 11.5 Å². The van der Waals surface area contributed by atoms with Crippen molar-refractivity contribution in [1.82, 2.24) is 0 Å². The smallest absolute Gasteiger partial charge is 0.193 e. The van der Waals surface area contributed by atoms with E-state index in [0.717, 1.165) is 21.9 Å². The molecule has 3 nitrogen and oxygen atoms in total. The zero-order valence-corrected chi connectivity index (χ0v) is 14.1. The zero-order valence-electron chi connectivity index (χ0n) is 14.1. The minimum atomic E-state index is -0.0364. The average Bonchev–Trinajstić information content (AvgIpc) is 2.69. The highest BCUT2D eigenvalue weighted by Crippen LogP contribution is 2.37. The molecule has 0 aromatic heterocycles. The molecule has 0 spiro atoms. The third-order valence-electron chi connectivity index (χ3n) is 4.58. The molecule has 126 valence electrons. The summed E-state index contributed by atoms with van der Waals surface area (Å²) in [6, 6.07) is 26.5. The summed E-state index contributed by atoms with van der Waals surface area (Å²) in [5.74, 6) is -0.0364. The molecule has 0 saturated heterocycles. The van der Waals surface area contributed by atoms with Crippen LogP contribution in [0.25, 0.3) is 21.9 Å². The lowest BCUT2D eigenvalue weighted by atomic mass is 9.92. The molecule has 4 rings (SSSR count). The van der Waals surface area contributed by atoms with Crippen molar-refractivity contribution in [3.63, 3.8) is 0 Å². The van der Waals surface area contributed by atoms with Crippen molar-refractivity contribution in [1.29, 1.82) is 0 Å². The SMILES string of the molecule is Nc1ccc(C(=O)c2ccccc2)cc1-c1c(N)ccc2ccccc12. The summed E-state index contributed by atoms with van der Waals surface area (Å²) < 4.78 is 0. The quantitative estimate of drug-likeness (QED) is 0.412. The minimum absolute atomic E-state index is 0.0364. The van der Waals surface area contributed by atoms with E-state index in [0.29, 0.717) is 22.5 Å². The van der Waals surface area contributed by atoms with Crippen LogP contribution in [0.3, 0.4) is 0 Å². The molecule has 0 atom stereocenters. The standard InChI is InChI=1S/C23H18N2O/c24-20-12-11-17(23(26)16-7-2-1-3-8-16)14-19(20)22-18-9-5-4-6-15(18)10-13-21(22)25/h1-14H,24-25H2. The molecular formula is C23H18N2O. The van der Waals surface area contributed by atoms with Crippen LogP contribution in [0.5, 0.6) is 0 Å². The lowest BCUT2D eigenvalue weighted by molar-refractivity contribution is 0.103. The molecule has 0 saturated carbocycles. The van der Waals surface area contributed by atoms with Gasteiger partial charge in [-0.05, 0) is 35.0 Å². The zero-order chi connectivity index (χ0) is 18.1. The van der Waals surface area contributed by atoms with Crippen LogP contribution in [0, 0.1) is 0 Å². The van der Waals surface area contributed by atoms with Gasteiger partial charge in [-0.15, -0.1) is 0 Å². The third-order valence-corrected chi connectivity index (χ3v) is 4.58. The number of nitrogen functional groups attached to an aromatic ring is 2. The summed E-state index contributed by atoms with van der Waals surface area (Å²) in [6.45, 7) is 0. The molecule has 0 aliphatic rings. The predicted molar refractivity (Wildman–Crippen MR) is 108 cm³/mol. The van der Waals surface area contributed by atoms with Crippen molar-refractivity contribution < 1.29 is 4.79 Å². The first-order valence-electron chi connectivity index (χ1n) is 8.42. The maximum absolute atomic E-state index is 12.8. The number of ketones is 1.